The van der Waals surface area contributed by atoms with E-state index in [4.69, 9.17) is 4.42 Å². The van der Waals surface area contributed by atoms with Gasteiger partial charge < -0.3 is 4.42 Å². The van der Waals surface area contributed by atoms with Crippen LogP contribution in [0, 0.1) is 0 Å². The Labute approximate surface area is 104 Å². The number of pyridine rings is 1. The highest BCUT2D eigenvalue weighted by molar-refractivity contribution is 5.99. The Hall–Kier alpha value is -2.42. The van der Waals surface area contributed by atoms with Crippen molar-refractivity contribution >= 4 is 16.8 Å². The van der Waals surface area contributed by atoms with Crippen LogP contribution in [-0.2, 0) is 6.42 Å². The number of rotatable bonds is 3. The SMILES string of the molecule is O=C(Cc1nccc2occc12)c1ccccc1. The predicted octanol–water partition coefficient (Wildman–Crippen LogP) is 3.25. The Morgan fingerprint density at radius 1 is 1.11 bits per heavy atom. The molecular weight excluding hydrogens is 226 g/mol. The lowest BCUT2D eigenvalue weighted by atomic mass is 10.0. The Morgan fingerprint density at radius 3 is 2.78 bits per heavy atom. The van der Waals surface area contributed by atoms with E-state index in [0.29, 0.717) is 12.0 Å². The highest BCUT2D eigenvalue weighted by atomic mass is 16.3. The molecule has 0 unspecified atom stereocenters. The van der Waals surface area contributed by atoms with Crippen LogP contribution in [0.4, 0.5) is 0 Å². The second kappa shape index (κ2) is 4.45. The van der Waals surface area contributed by atoms with E-state index in [1.807, 2.05) is 36.4 Å². The first-order valence-corrected chi connectivity index (χ1v) is 5.74. The van der Waals surface area contributed by atoms with Gasteiger partial charge >= 0.3 is 0 Å². The number of carbonyl (C=O) groups is 1. The molecule has 0 N–H and O–H groups in total. The Bertz CT molecular complexity index is 686. The molecule has 0 amide bonds. The number of Topliss-reactive ketones (excluding diaryl/α,β-unsaturated/α-hetero) is 1. The summed E-state index contributed by atoms with van der Waals surface area (Å²) in [7, 11) is 0. The molecule has 3 nitrogen and oxygen atoms in total. The summed E-state index contributed by atoms with van der Waals surface area (Å²) in [5.74, 6) is 0.0665. The summed E-state index contributed by atoms with van der Waals surface area (Å²) in [6.07, 6.45) is 3.57. The van der Waals surface area contributed by atoms with Crippen molar-refractivity contribution in [2.45, 2.75) is 6.42 Å². The van der Waals surface area contributed by atoms with Crippen LogP contribution < -0.4 is 0 Å². The minimum absolute atomic E-state index is 0.0665. The van der Waals surface area contributed by atoms with Crippen LogP contribution in [0.2, 0.25) is 0 Å². The fourth-order valence-corrected chi connectivity index (χ4v) is 1.97. The van der Waals surface area contributed by atoms with Crippen molar-refractivity contribution in [3.63, 3.8) is 0 Å². The largest absolute Gasteiger partial charge is 0.464 e. The maximum atomic E-state index is 12.1. The molecule has 0 aliphatic carbocycles. The van der Waals surface area contributed by atoms with Gasteiger partial charge in [-0.3, -0.25) is 9.78 Å². The molecule has 3 heteroatoms. The van der Waals surface area contributed by atoms with Gasteiger partial charge in [0.2, 0.25) is 0 Å². The minimum atomic E-state index is 0.0665. The van der Waals surface area contributed by atoms with Crippen molar-refractivity contribution in [3.8, 4) is 0 Å². The van der Waals surface area contributed by atoms with Crippen molar-refractivity contribution in [1.82, 2.24) is 4.98 Å². The van der Waals surface area contributed by atoms with Crippen molar-refractivity contribution < 1.29 is 9.21 Å². The lowest BCUT2D eigenvalue weighted by Crippen LogP contribution is -2.04. The number of furan rings is 1. The van der Waals surface area contributed by atoms with Gasteiger partial charge in [0.15, 0.2) is 5.78 Å². The third-order valence-electron chi connectivity index (χ3n) is 2.89. The summed E-state index contributed by atoms with van der Waals surface area (Å²) in [6.45, 7) is 0. The zero-order valence-electron chi connectivity index (χ0n) is 9.67. The first-order valence-electron chi connectivity index (χ1n) is 5.74. The highest BCUT2D eigenvalue weighted by Gasteiger charge is 2.11. The predicted molar refractivity (Wildman–Crippen MR) is 68.5 cm³/mol. The number of ketones is 1. The number of fused-ring (bicyclic) bond motifs is 1. The second-order valence-corrected chi connectivity index (χ2v) is 4.06. The van der Waals surface area contributed by atoms with Gasteiger partial charge in [-0.1, -0.05) is 30.3 Å². The monoisotopic (exact) mass is 237 g/mol. The van der Waals surface area contributed by atoms with Gasteiger partial charge in [0.25, 0.3) is 0 Å². The molecule has 0 aliphatic heterocycles. The number of benzene rings is 1. The Morgan fingerprint density at radius 2 is 1.94 bits per heavy atom. The summed E-state index contributed by atoms with van der Waals surface area (Å²) in [5, 5.41) is 0.904. The number of hydrogen-bond donors (Lipinski definition) is 0. The van der Waals surface area contributed by atoms with Gasteiger partial charge in [-0.2, -0.15) is 0 Å². The third kappa shape index (κ3) is 1.91. The van der Waals surface area contributed by atoms with E-state index in [9.17, 15) is 4.79 Å². The van der Waals surface area contributed by atoms with Crippen molar-refractivity contribution in [2.75, 3.05) is 0 Å². The summed E-state index contributed by atoms with van der Waals surface area (Å²) in [5.41, 5.74) is 2.23. The summed E-state index contributed by atoms with van der Waals surface area (Å²) < 4.78 is 5.29. The minimum Gasteiger partial charge on any atom is -0.464 e. The zero-order valence-corrected chi connectivity index (χ0v) is 9.67. The van der Waals surface area contributed by atoms with E-state index >= 15 is 0 Å². The molecule has 3 aromatic rings. The van der Waals surface area contributed by atoms with Gasteiger partial charge in [0.1, 0.15) is 5.58 Å². The van der Waals surface area contributed by atoms with Crippen LogP contribution in [0.5, 0.6) is 0 Å². The molecule has 88 valence electrons. The molecule has 0 bridgehead atoms. The molecule has 2 aromatic heterocycles. The molecule has 3 rings (SSSR count). The maximum Gasteiger partial charge on any atom is 0.168 e. The van der Waals surface area contributed by atoms with Gasteiger partial charge in [-0.15, -0.1) is 0 Å². The van der Waals surface area contributed by atoms with Gasteiger partial charge in [-0.25, -0.2) is 0 Å². The molecule has 0 aliphatic rings. The van der Waals surface area contributed by atoms with E-state index in [2.05, 4.69) is 4.98 Å². The average Bonchev–Trinajstić information content (AvgIpc) is 2.89. The Kier molecular flexibility index (Phi) is 2.65. The molecule has 18 heavy (non-hydrogen) atoms. The third-order valence-corrected chi connectivity index (χ3v) is 2.89. The van der Waals surface area contributed by atoms with Gasteiger partial charge in [-0.05, 0) is 12.1 Å². The van der Waals surface area contributed by atoms with Crippen LogP contribution in [0.25, 0.3) is 11.0 Å². The maximum absolute atomic E-state index is 12.1. The normalized spacial score (nSPS) is 10.7. The summed E-state index contributed by atoms with van der Waals surface area (Å²) >= 11 is 0. The van der Waals surface area contributed by atoms with Crippen LogP contribution in [0.15, 0.2) is 59.3 Å². The zero-order chi connectivity index (χ0) is 12.4. The lowest BCUT2D eigenvalue weighted by molar-refractivity contribution is 0.0992. The molecule has 0 saturated carbocycles. The van der Waals surface area contributed by atoms with Crippen molar-refractivity contribution in [3.05, 3.63) is 66.2 Å². The number of aromatic nitrogens is 1. The standard InChI is InChI=1S/C15H11NO2/c17-14(11-4-2-1-3-5-11)10-13-12-7-9-18-15(12)6-8-16-13/h1-9H,10H2. The van der Waals surface area contributed by atoms with E-state index < -0.39 is 0 Å². The number of carbonyl (C=O) groups excluding carboxylic acids is 1. The van der Waals surface area contributed by atoms with Crippen LogP contribution in [0.3, 0.4) is 0 Å². The summed E-state index contributed by atoms with van der Waals surface area (Å²) in [6, 6.07) is 12.9. The van der Waals surface area contributed by atoms with Crippen LogP contribution in [-0.4, -0.2) is 10.8 Å². The van der Waals surface area contributed by atoms with Crippen molar-refractivity contribution in [1.29, 1.82) is 0 Å². The molecule has 0 atom stereocenters. The van der Waals surface area contributed by atoms with Crippen molar-refractivity contribution in [2.24, 2.45) is 0 Å². The number of hydrogen-bond acceptors (Lipinski definition) is 3. The fraction of sp³-hybridized carbons (Fsp3) is 0.0667. The molecule has 0 saturated heterocycles. The highest BCUT2D eigenvalue weighted by Crippen LogP contribution is 2.19. The fourth-order valence-electron chi connectivity index (χ4n) is 1.97. The van der Waals surface area contributed by atoms with E-state index in [-0.39, 0.29) is 5.78 Å². The first-order chi connectivity index (χ1) is 8.84. The van der Waals surface area contributed by atoms with Crippen LogP contribution in [0.1, 0.15) is 16.1 Å². The molecular formula is C15H11NO2. The van der Waals surface area contributed by atoms with E-state index in [1.54, 1.807) is 18.5 Å². The Balaban J connectivity index is 1.93. The van der Waals surface area contributed by atoms with Gasteiger partial charge in [0, 0.05) is 17.1 Å². The smallest absolute Gasteiger partial charge is 0.168 e. The molecule has 1 aromatic carbocycles. The quantitative estimate of drug-likeness (QED) is 0.657. The molecule has 0 radical (unpaired) electrons. The summed E-state index contributed by atoms with van der Waals surface area (Å²) in [4.78, 5) is 16.4. The first kappa shape index (κ1) is 10.7. The average molecular weight is 237 g/mol. The molecule has 0 spiro atoms. The lowest BCUT2D eigenvalue weighted by Gasteiger charge is -2.01. The van der Waals surface area contributed by atoms with Crippen LogP contribution >= 0.6 is 0 Å². The molecule has 0 fully saturated rings. The second-order valence-electron chi connectivity index (χ2n) is 4.06. The van der Waals surface area contributed by atoms with E-state index in [1.165, 1.54) is 0 Å². The number of nitrogens with zero attached hydrogens (tertiary/aromatic N) is 1. The topological polar surface area (TPSA) is 43.1 Å². The molecule has 2 heterocycles. The van der Waals surface area contributed by atoms with Gasteiger partial charge in [0.05, 0.1) is 18.4 Å². The van der Waals surface area contributed by atoms with E-state index in [0.717, 1.165) is 16.7 Å².